The van der Waals surface area contributed by atoms with Gasteiger partial charge >= 0.3 is 0 Å². The van der Waals surface area contributed by atoms with Crippen molar-refractivity contribution in [3.8, 4) is 11.8 Å². The van der Waals surface area contributed by atoms with Gasteiger partial charge in [-0.1, -0.05) is 11.8 Å². The van der Waals surface area contributed by atoms with Crippen molar-refractivity contribution in [3.05, 3.63) is 51.2 Å². The predicted octanol–water partition coefficient (Wildman–Crippen LogP) is 1.83. The van der Waals surface area contributed by atoms with Crippen molar-refractivity contribution in [2.24, 2.45) is 5.73 Å². The normalized spacial score (nSPS) is 9.86. The minimum Gasteiger partial charge on any atom is -0.347 e. The van der Waals surface area contributed by atoms with Gasteiger partial charge in [0, 0.05) is 16.6 Å². The first-order valence-corrected chi connectivity index (χ1v) is 7.10. The Bertz CT molecular complexity index is 715. The Labute approximate surface area is 126 Å². The van der Waals surface area contributed by atoms with Crippen LogP contribution in [0.4, 0.5) is 4.39 Å². The van der Waals surface area contributed by atoms with Crippen LogP contribution in [-0.4, -0.2) is 17.4 Å². The van der Waals surface area contributed by atoms with E-state index in [1.807, 2.05) is 6.92 Å². The van der Waals surface area contributed by atoms with E-state index in [9.17, 15) is 9.18 Å². The van der Waals surface area contributed by atoms with Gasteiger partial charge in [0.05, 0.1) is 23.7 Å². The van der Waals surface area contributed by atoms with Crippen LogP contribution in [0.25, 0.3) is 0 Å². The summed E-state index contributed by atoms with van der Waals surface area (Å²) in [6.45, 7) is 2.42. The first-order chi connectivity index (χ1) is 10.1. The molecule has 1 aromatic heterocycles. The van der Waals surface area contributed by atoms with Crippen LogP contribution in [0.5, 0.6) is 0 Å². The SMILES string of the molecule is Cc1ncc(CNC(=O)c2cc(F)ccc2C#CCN)s1. The Balaban J connectivity index is 2.15. The van der Waals surface area contributed by atoms with Gasteiger partial charge in [-0.25, -0.2) is 9.37 Å². The highest BCUT2D eigenvalue weighted by molar-refractivity contribution is 7.11. The average Bonchev–Trinajstić information content (AvgIpc) is 2.89. The monoisotopic (exact) mass is 303 g/mol. The number of aryl methyl sites for hydroxylation is 1. The molecule has 3 N–H and O–H groups in total. The molecule has 21 heavy (non-hydrogen) atoms. The largest absolute Gasteiger partial charge is 0.347 e. The van der Waals surface area contributed by atoms with Gasteiger partial charge in [-0.15, -0.1) is 11.3 Å². The van der Waals surface area contributed by atoms with E-state index in [1.54, 1.807) is 6.20 Å². The molecule has 0 atom stereocenters. The number of halogens is 1. The molecule has 0 radical (unpaired) electrons. The number of benzene rings is 1. The number of hydrogen-bond donors (Lipinski definition) is 2. The lowest BCUT2D eigenvalue weighted by Gasteiger charge is -2.06. The number of hydrogen-bond acceptors (Lipinski definition) is 4. The highest BCUT2D eigenvalue weighted by atomic mass is 32.1. The number of nitrogens with one attached hydrogen (secondary N) is 1. The fourth-order valence-corrected chi connectivity index (χ4v) is 2.44. The maximum Gasteiger partial charge on any atom is 0.252 e. The molecule has 0 aliphatic heterocycles. The molecule has 6 heteroatoms. The van der Waals surface area contributed by atoms with E-state index in [4.69, 9.17) is 5.73 Å². The molecule has 2 rings (SSSR count). The standard InChI is InChI=1S/C15H14FN3OS/c1-10-18-8-13(21-10)9-19-15(20)14-7-12(16)5-4-11(14)3-2-6-17/h4-5,7-8H,6,9,17H2,1H3,(H,19,20). The molecule has 2 aromatic rings. The molecule has 0 aliphatic rings. The van der Waals surface area contributed by atoms with Crippen LogP contribution in [0.3, 0.4) is 0 Å². The first kappa shape index (κ1) is 15.2. The van der Waals surface area contributed by atoms with E-state index >= 15 is 0 Å². The van der Waals surface area contributed by atoms with Gasteiger partial charge in [-0.05, 0) is 25.1 Å². The topological polar surface area (TPSA) is 68.0 Å². The van der Waals surface area contributed by atoms with E-state index in [0.29, 0.717) is 12.1 Å². The van der Waals surface area contributed by atoms with Crippen molar-refractivity contribution in [2.75, 3.05) is 6.54 Å². The third-order valence-corrected chi connectivity index (χ3v) is 3.56. The number of nitrogens with zero attached hydrogens (tertiary/aromatic N) is 1. The fraction of sp³-hybridized carbons (Fsp3) is 0.200. The Morgan fingerprint density at radius 1 is 1.52 bits per heavy atom. The van der Waals surface area contributed by atoms with Crippen LogP contribution in [0, 0.1) is 24.6 Å². The summed E-state index contributed by atoms with van der Waals surface area (Å²) >= 11 is 1.50. The molecule has 0 aliphatic carbocycles. The minimum atomic E-state index is -0.480. The molecule has 0 saturated heterocycles. The number of carbonyl (C=O) groups is 1. The van der Waals surface area contributed by atoms with Gasteiger partial charge in [0.15, 0.2) is 0 Å². The van der Waals surface area contributed by atoms with Crippen molar-refractivity contribution in [2.45, 2.75) is 13.5 Å². The Hall–Kier alpha value is -2.23. The molecule has 0 unspecified atom stereocenters. The molecule has 0 fully saturated rings. The number of carbonyl (C=O) groups excluding carboxylic acids is 1. The van der Waals surface area contributed by atoms with Gasteiger partial charge in [0.1, 0.15) is 5.82 Å². The van der Waals surface area contributed by atoms with Crippen molar-refractivity contribution in [1.29, 1.82) is 0 Å². The molecule has 0 bridgehead atoms. The number of aromatic nitrogens is 1. The summed E-state index contributed by atoms with van der Waals surface area (Å²) in [4.78, 5) is 17.2. The van der Waals surface area contributed by atoms with Gasteiger partial charge in [0.25, 0.3) is 5.91 Å². The van der Waals surface area contributed by atoms with E-state index in [0.717, 1.165) is 9.88 Å². The van der Waals surface area contributed by atoms with E-state index < -0.39 is 5.82 Å². The van der Waals surface area contributed by atoms with Crippen LogP contribution < -0.4 is 11.1 Å². The van der Waals surface area contributed by atoms with Crippen LogP contribution in [-0.2, 0) is 6.54 Å². The average molecular weight is 303 g/mol. The lowest BCUT2D eigenvalue weighted by Crippen LogP contribution is -2.23. The zero-order valence-electron chi connectivity index (χ0n) is 11.4. The first-order valence-electron chi connectivity index (χ1n) is 6.28. The van der Waals surface area contributed by atoms with Crippen LogP contribution in [0.2, 0.25) is 0 Å². The zero-order chi connectivity index (χ0) is 15.2. The van der Waals surface area contributed by atoms with E-state index in [1.165, 1.54) is 29.5 Å². The summed E-state index contributed by atoms with van der Waals surface area (Å²) in [6, 6.07) is 3.92. The molecule has 1 heterocycles. The Morgan fingerprint density at radius 3 is 3.00 bits per heavy atom. The smallest absolute Gasteiger partial charge is 0.252 e. The molecular formula is C15H14FN3OS. The second-order valence-corrected chi connectivity index (χ2v) is 5.54. The van der Waals surface area contributed by atoms with E-state index in [-0.39, 0.29) is 18.0 Å². The van der Waals surface area contributed by atoms with Gasteiger partial charge < -0.3 is 11.1 Å². The number of rotatable bonds is 3. The second-order valence-electron chi connectivity index (χ2n) is 4.22. The summed E-state index contributed by atoms with van der Waals surface area (Å²) in [7, 11) is 0. The lowest BCUT2D eigenvalue weighted by atomic mass is 10.1. The second kappa shape index (κ2) is 6.97. The van der Waals surface area contributed by atoms with Crippen LogP contribution in [0.15, 0.2) is 24.4 Å². The minimum absolute atomic E-state index is 0.179. The summed E-state index contributed by atoms with van der Waals surface area (Å²) < 4.78 is 13.3. The maximum atomic E-state index is 13.3. The van der Waals surface area contributed by atoms with Crippen molar-refractivity contribution in [1.82, 2.24) is 10.3 Å². The molecule has 1 aromatic carbocycles. The molecular weight excluding hydrogens is 289 g/mol. The van der Waals surface area contributed by atoms with Crippen molar-refractivity contribution in [3.63, 3.8) is 0 Å². The molecule has 108 valence electrons. The third-order valence-electron chi connectivity index (χ3n) is 2.64. The summed E-state index contributed by atoms with van der Waals surface area (Å²) in [5.74, 6) is 4.58. The summed E-state index contributed by atoms with van der Waals surface area (Å²) in [6.07, 6.45) is 1.71. The molecule has 1 amide bonds. The fourth-order valence-electron chi connectivity index (χ4n) is 1.71. The van der Waals surface area contributed by atoms with Crippen molar-refractivity contribution >= 4 is 17.2 Å². The molecule has 0 saturated carbocycles. The van der Waals surface area contributed by atoms with Crippen LogP contribution in [0.1, 0.15) is 25.8 Å². The predicted molar refractivity (Wildman–Crippen MR) is 80.4 cm³/mol. The Kier molecular flexibility index (Phi) is 5.04. The number of amides is 1. The van der Waals surface area contributed by atoms with Crippen molar-refractivity contribution < 1.29 is 9.18 Å². The Morgan fingerprint density at radius 2 is 2.33 bits per heavy atom. The van der Waals surface area contributed by atoms with Gasteiger partial charge in [-0.3, -0.25) is 4.79 Å². The summed E-state index contributed by atoms with van der Waals surface area (Å²) in [5.41, 5.74) is 5.98. The van der Waals surface area contributed by atoms with Gasteiger partial charge in [0.2, 0.25) is 0 Å². The number of thiazole rings is 1. The zero-order valence-corrected chi connectivity index (χ0v) is 12.3. The van der Waals surface area contributed by atoms with E-state index in [2.05, 4.69) is 22.1 Å². The van der Waals surface area contributed by atoms with Crippen LogP contribution >= 0.6 is 11.3 Å². The molecule has 0 spiro atoms. The van der Waals surface area contributed by atoms with Gasteiger partial charge in [-0.2, -0.15) is 0 Å². The number of nitrogens with two attached hydrogens (primary N) is 1. The highest BCUT2D eigenvalue weighted by Crippen LogP contribution is 2.13. The molecule has 4 nitrogen and oxygen atoms in total. The quantitative estimate of drug-likeness (QED) is 0.850. The maximum absolute atomic E-state index is 13.3. The third kappa shape index (κ3) is 4.12. The highest BCUT2D eigenvalue weighted by Gasteiger charge is 2.12. The summed E-state index contributed by atoms with van der Waals surface area (Å²) in [5, 5.41) is 3.67. The lowest BCUT2D eigenvalue weighted by molar-refractivity contribution is 0.0950.